The third-order valence-electron chi connectivity index (χ3n) is 4.43. The Kier molecular flexibility index (Phi) is 3.36. The minimum atomic E-state index is -0.123. The molecule has 4 rings (SSSR count). The minimum Gasteiger partial charge on any atom is -0.383 e. The first kappa shape index (κ1) is 13.5. The first-order valence-corrected chi connectivity index (χ1v) is 9.19. The van der Waals surface area contributed by atoms with Crippen LogP contribution in [0.1, 0.15) is 35.9 Å². The molecule has 0 N–H and O–H groups in total. The highest BCUT2D eigenvalue weighted by molar-refractivity contribution is 6.55. The van der Waals surface area contributed by atoms with Crippen molar-refractivity contribution in [2.45, 2.75) is 29.7 Å². The van der Waals surface area contributed by atoms with E-state index in [2.05, 4.69) is 58.8 Å². The third kappa shape index (κ3) is 2.43. The molecule has 0 saturated carbocycles. The van der Waals surface area contributed by atoms with Crippen LogP contribution in [0.15, 0.2) is 42.5 Å². The van der Waals surface area contributed by atoms with Crippen molar-refractivity contribution in [3.8, 4) is 0 Å². The molecular formula is C18H17OSi2. The Morgan fingerprint density at radius 2 is 2.00 bits per heavy atom. The highest BCUT2D eigenvalue weighted by Crippen LogP contribution is 2.36. The van der Waals surface area contributed by atoms with Gasteiger partial charge in [0.15, 0.2) is 0 Å². The second-order valence-electron chi connectivity index (χ2n) is 5.91. The van der Waals surface area contributed by atoms with Crippen LogP contribution in [0.4, 0.5) is 0 Å². The van der Waals surface area contributed by atoms with Crippen molar-refractivity contribution in [2.24, 2.45) is 0 Å². The average molecular weight is 306 g/mol. The molecule has 103 valence electrons. The second kappa shape index (κ2) is 5.23. The number of hydrogen-bond acceptors (Lipinski definition) is 1. The molecule has 1 nitrogen and oxygen atoms in total. The summed E-state index contributed by atoms with van der Waals surface area (Å²) in [6.45, 7) is 0.883. The predicted molar refractivity (Wildman–Crippen MR) is 89.8 cm³/mol. The molecular weight excluding hydrogens is 288 g/mol. The fourth-order valence-corrected chi connectivity index (χ4v) is 5.73. The molecule has 1 heterocycles. The minimum absolute atomic E-state index is 0.123. The highest BCUT2D eigenvalue weighted by atomic mass is 28.2. The Balaban J connectivity index is 1.73. The molecule has 2 unspecified atom stereocenters. The molecule has 0 spiro atoms. The maximum Gasteiger partial charge on any atom is 0.0903 e. The maximum absolute atomic E-state index is 6.04. The van der Waals surface area contributed by atoms with Crippen LogP contribution in [-0.4, -0.2) is 31.2 Å². The Labute approximate surface area is 131 Å². The molecule has 5 radical (unpaired) electrons. The lowest BCUT2D eigenvalue weighted by Crippen LogP contribution is -2.45. The molecule has 21 heavy (non-hydrogen) atoms. The van der Waals surface area contributed by atoms with Gasteiger partial charge in [-0.05, 0) is 46.7 Å². The number of allylic oxidation sites excluding steroid dienone is 1. The van der Waals surface area contributed by atoms with Gasteiger partial charge in [0.05, 0.1) is 19.8 Å². The van der Waals surface area contributed by atoms with Crippen molar-refractivity contribution < 1.29 is 4.74 Å². The first-order valence-electron chi connectivity index (χ1n) is 7.62. The van der Waals surface area contributed by atoms with Gasteiger partial charge in [0.2, 0.25) is 0 Å². The summed E-state index contributed by atoms with van der Waals surface area (Å²) in [6, 6.07) is 13.2. The van der Waals surface area contributed by atoms with Crippen molar-refractivity contribution in [2.75, 3.05) is 6.61 Å². The van der Waals surface area contributed by atoms with Gasteiger partial charge in [0.25, 0.3) is 0 Å². The van der Waals surface area contributed by atoms with E-state index in [0.29, 0.717) is 15.1 Å². The van der Waals surface area contributed by atoms with Crippen LogP contribution in [0.5, 0.6) is 0 Å². The van der Waals surface area contributed by atoms with Crippen molar-refractivity contribution in [3.63, 3.8) is 0 Å². The zero-order valence-electron chi connectivity index (χ0n) is 11.9. The number of hydrogen-bond donors (Lipinski definition) is 0. The summed E-state index contributed by atoms with van der Waals surface area (Å²) in [5.74, 6) is 0. The molecule has 2 aromatic rings. The van der Waals surface area contributed by atoms with E-state index >= 15 is 0 Å². The van der Waals surface area contributed by atoms with Gasteiger partial charge in [-0.2, -0.15) is 0 Å². The van der Waals surface area contributed by atoms with Gasteiger partial charge >= 0.3 is 0 Å². The van der Waals surface area contributed by atoms with Crippen LogP contribution in [0.25, 0.3) is 16.8 Å². The van der Waals surface area contributed by atoms with E-state index in [-0.39, 0.29) is 4.85 Å². The van der Waals surface area contributed by atoms with Gasteiger partial charge in [-0.3, -0.25) is 0 Å². The fourth-order valence-electron chi connectivity index (χ4n) is 3.39. The van der Waals surface area contributed by atoms with Crippen LogP contribution in [0.2, 0.25) is 0 Å². The van der Waals surface area contributed by atoms with Gasteiger partial charge in [0.1, 0.15) is 0 Å². The van der Waals surface area contributed by atoms with Crippen LogP contribution in [-0.2, 0) is 4.74 Å². The van der Waals surface area contributed by atoms with Crippen LogP contribution in [0.3, 0.4) is 0 Å². The first-order chi connectivity index (χ1) is 10.3. The summed E-state index contributed by atoms with van der Waals surface area (Å²) in [5, 5.41) is 2.77. The molecule has 1 saturated heterocycles. The van der Waals surface area contributed by atoms with E-state index in [0.717, 1.165) is 13.0 Å². The largest absolute Gasteiger partial charge is 0.383 e. The summed E-state index contributed by atoms with van der Waals surface area (Å²) in [5.41, 5.74) is 3.26. The summed E-state index contributed by atoms with van der Waals surface area (Å²) in [4.78, 5) is -0.123. The molecule has 1 aliphatic carbocycles. The summed E-state index contributed by atoms with van der Waals surface area (Å²) in [6.07, 6.45) is 8.20. The summed E-state index contributed by atoms with van der Waals surface area (Å²) in [7, 11) is 4.65. The predicted octanol–water partition coefficient (Wildman–Crippen LogP) is 3.63. The van der Waals surface area contributed by atoms with E-state index in [1.54, 1.807) is 0 Å². The van der Waals surface area contributed by atoms with E-state index in [4.69, 9.17) is 4.74 Å². The number of benzene rings is 2. The molecule has 1 fully saturated rings. The van der Waals surface area contributed by atoms with E-state index in [1.807, 2.05) is 0 Å². The average Bonchev–Trinajstić information content (AvgIpc) is 2.51. The zero-order valence-corrected chi connectivity index (χ0v) is 13.9. The Bertz CT molecular complexity index is 696. The van der Waals surface area contributed by atoms with Gasteiger partial charge in [0, 0.05) is 11.5 Å². The zero-order chi connectivity index (χ0) is 14.3. The van der Waals surface area contributed by atoms with Crippen molar-refractivity contribution >= 4 is 36.6 Å². The molecule has 2 atom stereocenters. The maximum atomic E-state index is 6.04. The topological polar surface area (TPSA) is 9.23 Å². The molecule has 0 bridgehead atoms. The lowest BCUT2D eigenvalue weighted by molar-refractivity contribution is 0.0352. The Morgan fingerprint density at radius 3 is 2.81 bits per heavy atom. The quantitative estimate of drug-likeness (QED) is 0.770. The van der Waals surface area contributed by atoms with E-state index in [1.165, 1.54) is 34.7 Å². The molecule has 0 amide bonds. The second-order valence-corrected chi connectivity index (χ2v) is 8.93. The number of ether oxygens (including phenoxy) is 1. The van der Waals surface area contributed by atoms with Gasteiger partial charge in [-0.25, -0.2) is 0 Å². The smallest absolute Gasteiger partial charge is 0.0903 e. The summed E-state index contributed by atoms with van der Waals surface area (Å²) < 4.78 is 6.04. The molecule has 1 aliphatic heterocycles. The normalized spacial score (nSPS) is 28.0. The van der Waals surface area contributed by atoms with Crippen molar-refractivity contribution in [1.29, 1.82) is 0 Å². The Morgan fingerprint density at radius 1 is 1.14 bits per heavy atom. The molecule has 3 heteroatoms. The van der Waals surface area contributed by atoms with Crippen LogP contribution < -0.4 is 0 Å². The van der Waals surface area contributed by atoms with Crippen LogP contribution in [0, 0.1) is 0 Å². The summed E-state index contributed by atoms with van der Waals surface area (Å²) >= 11 is 0. The fraction of sp³-hybridized carbons (Fsp3) is 0.333. The lowest BCUT2D eigenvalue weighted by atomic mass is 9.93. The monoisotopic (exact) mass is 305 g/mol. The van der Waals surface area contributed by atoms with Crippen molar-refractivity contribution in [3.05, 3.63) is 53.6 Å². The van der Waals surface area contributed by atoms with Gasteiger partial charge in [-0.1, -0.05) is 48.6 Å². The van der Waals surface area contributed by atoms with E-state index < -0.39 is 0 Å². The highest BCUT2D eigenvalue weighted by Gasteiger charge is 2.33. The third-order valence-corrected chi connectivity index (χ3v) is 6.94. The standard InChI is InChI=1S/C18H17OSi2/c20-18(11-1-2-12-19-18)21-16-10-9-14-6-3-5-13-7-4-8-15(16)17(13)14/h3-10,16H,1-2,11-12H2. The van der Waals surface area contributed by atoms with Crippen molar-refractivity contribution in [1.82, 2.24) is 0 Å². The van der Waals surface area contributed by atoms with Crippen LogP contribution >= 0.6 is 0 Å². The van der Waals surface area contributed by atoms with E-state index in [9.17, 15) is 0 Å². The lowest BCUT2D eigenvalue weighted by Gasteiger charge is -2.36. The SMILES string of the molecule is [Si]C1([Si]C2C=Cc3cccc4cccc2c34)CCCCO1. The van der Waals surface area contributed by atoms with Gasteiger partial charge < -0.3 is 4.74 Å². The Hall–Kier alpha value is -1.17. The molecule has 0 aromatic heterocycles. The molecule has 2 aromatic carbocycles. The molecule has 2 aliphatic rings. The van der Waals surface area contributed by atoms with Gasteiger partial charge in [-0.15, -0.1) is 0 Å². The number of rotatable bonds is 2.